The third-order valence-corrected chi connectivity index (χ3v) is 5.50. The molecule has 1 unspecified atom stereocenters. The van der Waals surface area contributed by atoms with E-state index in [0.29, 0.717) is 24.1 Å². The minimum atomic E-state index is -3.05. The Morgan fingerprint density at radius 2 is 2.16 bits per heavy atom. The zero-order valence-corrected chi connectivity index (χ0v) is 16.8. The molecule has 166 valence electrons. The second-order valence-electron chi connectivity index (χ2n) is 7.94. The second-order valence-corrected chi connectivity index (χ2v) is 7.94. The number of benzene rings is 1. The lowest BCUT2D eigenvalue weighted by atomic mass is 10.1. The molecule has 1 aliphatic heterocycles. The van der Waals surface area contributed by atoms with E-state index >= 15 is 0 Å². The number of nitrogens with zero attached hydrogens (tertiary/aromatic N) is 5. The average Bonchev–Trinajstić information content (AvgIpc) is 3.23. The van der Waals surface area contributed by atoms with E-state index in [1.807, 2.05) is 13.0 Å². The number of alkyl carbamates (subject to hydrolysis) is 1. The van der Waals surface area contributed by atoms with Crippen molar-refractivity contribution < 1.29 is 22.7 Å². The lowest BCUT2D eigenvalue weighted by Gasteiger charge is -2.14. The molecule has 3 aromatic rings. The van der Waals surface area contributed by atoms with Gasteiger partial charge in [0.2, 0.25) is 5.95 Å². The van der Waals surface area contributed by atoms with Crippen molar-refractivity contribution in [2.75, 3.05) is 5.32 Å². The summed E-state index contributed by atoms with van der Waals surface area (Å²) in [6, 6.07) is 5.38. The Morgan fingerprint density at radius 3 is 2.91 bits per heavy atom. The van der Waals surface area contributed by atoms with Gasteiger partial charge in [0.15, 0.2) is 5.82 Å². The SMILES string of the molecule is Cc1cc(Nc2ncc(F)c(C(F)F)n2)cc(-c2cn(CC3OC(=O)NC34CC4)nn2)c1. The summed E-state index contributed by atoms with van der Waals surface area (Å²) >= 11 is 0. The molecular weight excluding hydrogens is 427 g/mol. The lowest BCUT2D eigenvalue weighted by Crippen LogP contribution is -2.36. The van der Waals surface area contributed by atoms with Gasteiger partial charge >= 0.3 is 6.09 Å². The maximum absolute atomic E-state index is 13.4. The van der Waals surface area contributed by atoms with E-state index in [4.69, 9.17) is 4.74 Å². The number of carbonyl (C=O) groups is 1. The Hall–Kier alpha value is -3.70. The number of amides is 1. The maximum Gasteiger partial charge on any atom is 0.408 e. The monoisotopic (exact) mass is 445 g/mol. The Morgan fingerprint density at radius 1 is 1.34 bits per heavy atom. The van der Waals surface area contributed by atoms with Crippen LogP contribution in [0.25, 0.3) is 11.3 Å². The van der Waals surface area contributed by atoms with Crippen molar-refractivity contribution in [2.45, 2.75) is 44.4 Å². The van der Waals surface area contributed by atoms with Crippen LogP contribution >= 0.6 is 0 Å². The average molecular weight is 445 g/mol. The van der Waals surface area contributed by atoms with Crippen molar-refractivity contribution in [3.05, 3.63) is 47.7 Å². The number of aromatic nitrogens is 5. The summed E-state index contributed by atoms with van der Waals surface area (Å²) < 4.78 is 46.2. The summed E-state index contributed by atoms with van der Waals surface area (Å²) in [5, 5.41) is 14.0. The highest BCUT2D eigenvalue weighted by molar-refractivity contribution is 5.72. The molecule has 2 aliphatic rings. The van der Waals surface area contributed by atoms with Crippen LogP contribution in [0.3, 0.4) is 0 Å². The molecule has 1 saturated carbocycles. The standard InChI is InChI=1S/C20H18F3N7O2/c1-10-4-11(6-12(5-10)25-18-24-7-13(21)16(26-18)17(22)23)14-8-30(29-28-14)9-15-20(2-3-20)27-19(31)32-15/h4-8,15,17H,2-3,9H2,1H3,(H,27,31)(H,24,25,26). The fourth-order valence-corrected chi connectivity index (χ4v) is 3.76. The van der Waals surface area contributed by atoms with Gasteiger partial charge in [0.05, 0.1) is 24.5 Å². The fraction of sp³-hybridized carbons (Fsp3) is 0.350. The Labute approximate surface area is 180 Å². The minimum absolute atomic E-state index is 0.146. The molecule has 2 N–H and O–H groups in total. The number of alkyl halides is 2. The van der Waals surface area contributed by atoms with Gasteiger partial charge in [0, 0.05) is 11.3 Å². The molecule has 32 heavy (non-hydrogen) atoms. The first-order chi connectivity index (χ1) is 15.3. The summed E-state index contributed by atoms with van der Waals surface area (Å²) in [7, 11) is 0. The largest absolute Gasteiger partial charge is 0.442 e. The van der Waals surface area contributed by atoms with E-state index in [2.05, 4.69) is 30.9 Å². The van der Waals surface area contributed by atoms with Crippen LogP contribution < -0.4 is 10.6 Å². The van der Waals surface area contributed by atoms with Crippen LogP contribution in [0.4, 0.5) is 29.6 Å². The van der Waals surface area contributed by atoms with E-state index in [1.165, 1.54) is 0 Å². The Balaban J connectivity index is 1.35. The van der Waals surface area contributed by atoms with E-state index in [9.17, 15) is 18.0 Å². The Kier molecular flexibility index (Phi) is 4.72. The van der Waals surface area contributed by atoms with Crippen LogP contribution in [0, 0.1) is 12.7 Å². The molecule has 1 amide bonds. The number of rotatable bonds is 6. The molecular formula is C20H18F3N7O2. The van der Waals surface area contributed by atoms with Crippen molar-refractivity contribution in [2.24, 2.45) is 0 Å². The van der Waals surface area contributed by atoms with Crippen molar-refractivity contribution in [3.8, 4) is 11.3 Å². The van der Waals surface area contributed by atoms with Gasteiger partial charge in [-0.2, -0.15) is 0 Å². The minimum Gasteiger partial charge on any atom is -0.442 e. The third-order valence-electron chi connectivity index (χ3n) is 5.50. The van der Waals surface area contributed by atoms with Crippen molar-refractivity contribution in [3.63, 3.8) is 0 Å². The van der Waals surface area contributed by atoms with E-state index in [1.54, 1.807) is 23.0 Å². The van der Waals surface area contributed by atoms with Gasteiger partial charge in [-0.05, 0) is 43.5 Å². The number of hydrogen-bond acceptors (Lipinski definition) is 7. The quantitative estimate of drug-likeness (QED) is 0.598. The predicted molar refractivity (Wildman–Crippen MR) is 106 cm³/mol. The first-order valence-electron chi connectivity index (χ1n) is 9.90. The van der Waals surface area contributed by atoms with Crippen LogP contribution in [-0.4, -0.2) is 42.7 Å². The number of halogens is 3. The molecule has 1 saturated heterocycles. The van der Waals surface area contributed by atoms with Crippen molar-refractivity contribution in [1.82, 2.24) is 30.3 Å². The highest BCUT2D eigenvalue weighted by Gasteiger charge is 2.57. The van der Waals surface area contributed by atoms with Gasteiger partial charge < -0.3 is 15.4 Å². The lowest BCUT2D eigenvalue weighted by molar-refractivity contribution is 0.113. The smallest absolute Gasteiger partial charge is 0.408 e. The molecule has 1 atom stereocenters. The van der Waals surface area contributed by atoms with Gasteiger partial charge in [0.1, 0.15) is 17.5 Å². The molecule has 1 aliphatic carbocycles. The molecule has 9 nitrogen and oxygen atoms in total. The number of nitrogens with one attached hydrogen (secondary N) is 2. The van der Waals surface area contributed by atoms with Crippen LogP contribution in [0.2, 0.25) is 0 Å². The summed E-state index contributed by atoms with van der Waals surface area (Å²) in [6.45, 7) is 2.23. The first kappa shape index (κ1) is 20.2. The van der Waals surface area contributed by atoms with Gasteiger partial charge in [-0.3, -0.25) is 0 Å². The van der Waals surface area contributed by atoms with Gasteiger partial charge in [-0.25, -0.2) is 32.6 Å². The normalized spacial score (nSPS) is 18.7. The highest BCUT2D eigenvalue weighted by Crippen LogP contribution is 2.44. The second kappa shape index (κ2) is 7.46. The van der Waals surface area contributed by atoms with Crippen LogP contribution in [-0.2, 0) is 11.3 Å². The molecule has 3 heterocycles. The topological polar surface area (TPSA) is 107 Å². The fourth-order valence-electron chi connectivity index (χ4n) is 3.76. The number of cyclic esters (lactones) is 1. The van der Waals surface area contributed by atoms with Crippen molar-refractivity contribution >= 4 is 17.7 Å². The summed E-state index contributed by atoms with van der Waals surface area (Å²) in [4.78, 5) is 18.9. The molecule has 2 aromatic heterocycles. The number of hydrogen-bond donors (Lipinski definition) is 2. The van der Waals surface area contributed by atoms with Crippen LogP contribution in [0.15, 0.2) is 30.6 Å². The summed E-state index contributed by atoms with van der Waals surface area (Å²) in [5.41, 5.74) is 1.42. The van der Waals surface area contributed by atoms with Crippen molar-refractivity contribution in [1.29, 1.82) is 0 Å². The molecule has 12 heteroatoms. The zero-order valence-electron chi connectivity index (χ0n) is 16.8. The highest BCUT2D eigenvalue weighted by atomic mass is 19.3. The molecule has 1 spiro atoms. The molecule has 2 fully saturated rings. The molecule has 1 aromatic carbocycles. The van der Waals surface area contributed by atoms with Gasteiger partial charge in [-0.15, -0.1) is 5.10 Å². The number of aryl methyl sites for hydroxylation is 1. The van der Waals surface area contributed by atoms with Crippen LogP contribution in [0.1, 0.15) is 30.5 Å². The Bertz CT molecular complexity index is 1200. The van der Waals surface area contributed by atoms with Gasteiger partial charge in [-0.1, -0.05) is 5.21 Å². The molecule has 5 rings (SSSR count). The van der Waals surface area contributed by atoms with E-state index < -0.39 is 24.0 Å². The third kappa shape index (κ3) is 3.83. The summed E-state index contributed by atoms with van der Waals surface area (Å²) in [6.07, 6.45) is 0.415. The van der Waals surface area contributed by atoms with Crippen LogP contribution in [0.5, 0.6) is 0 Å². The number of ether oxygens (including phenoxy) is 1. The molecule has 0 bridgehead atoms. The van der Waals surface area contributed by atoms with E-state index in [-0.39, 0.29) is 17.6 Å². The predicted octanol–water partition coefficient (Wildman–Crippen LogP) is 3.50. The number of anilines is 2. The zero-order chi connectivity index (χ0) is 22.5. The molecule has 0 radical (unpaired) electrons. The van der Waals surface area contributed by atoms with E-state index in [0.717, 1.165) is 24.0 Å². The van der Waals surface area contributed by atoms with Gasteiger partial charge in [0.25, 0.3) is 6.43 Å². The summed E-state index contributed by atoms with van der Waals surface area (Å²) in [5.74, 6) is -1.31. The first-order valence-corrected chi connectivity index (χ1v) is 9.90. The maximum atomic E-state index is 13.4. The number of carbonyl (C=O) groups excluding carboxylic acids is 1.